The van der Waals surface area contributed by atoms with Gasteiger partial charge in [0.25, 0.3) is 5.56 Å². The van der Waals surface area contributed by atoms with Gasteiger partial charge in [0.15, 0.2) is 11.2 Å². The van der Waals surface area contributed by atoms with Crippen LogP contribution in [0, 0.1) is 13.8 Å². The lowest BCUT2D eigenvalue weighted by molar-refractivity contribution is 0.709. The molecule has 0 saturated carbocycles. The molecule has 0 atom stereocenters. The van der Waals surface area contributed by atoms with Crippen molar-refractivity contribution in [2.45, 2.75) is 20.4 Å². The number of anilines is 1. The summed E-state index contributed by atoms with van der Waals surface area (Å²) in [5.74, 6) is 0.449. The van der Waals surface area contributed by atoms with Crippen LogP contribution in [0.2, 0.25) is 0 Å². The Labute approximate surface area is 131 Å². The molecule has 3 rings (SSSR count). The van der Waals surface area contributed by atoms with E-state index in [4.69, 9.17) is 0 Å². The van der Waals surface area contributed by atoms with E-state index in [0.717, 1.165) is 21.5 Å². The summed E-state index contributed by atoms with van der Waals surface area (Å²) in [6.07, 6.45) is 0. The predicted octanol–water partition coefficient (Wildman–Crippen LogP) is 0.584. The molecule has 0 fully saturated rings. The van der Waals surface area contributed by atoms with E-state index in [0.29, 0.717) is 23.7 Å². The topological polar surface area (TPSA) is 97.6 Å². The van der Waals surface area contributed by atoms with E-state index in [1.165, 1.54) is 11.6 Å². The van der Waals surface area contributed by atoms with Gasteiger partial charge in [0.2, 0.25) is 5.95 Å². The third-order valence-electron chi connectivity index (χ3n) is 3.70. The molecule has 0 radical (unpaired) electrons. The van der Waals surface area contributed by atoms with Crippen LogP contribution in [0.5, 0.6) is 0 Å². The summed E-state index contributed by atoms with van der Waals surface area (Å²) in [5, 5.41) is 3.14. The van der Waals surface area contributed by atoms with Gasteiger partial charge in [-0.1, -0.05) is 0 Å². The number of aromatic nitrogens is 5. The molecule has 8 nitrogen and oxygen atoms in total. The molecule has 0 aliphatic rings. The molecule has 0 spiro atoms. The lowest BCUT2D eigenvalue weighted by atomic mass is 10.2. The number of fused-ring (bicyclic) bond motifs is 1. The number of pyridine rings is 1. The molecular weight excluding hydrogens is 296 g/mol. The molecule has 8 heteroatoms. The Morgan fingerprint density at radius 2 is 1.74 bits per heavy atom. The molecule has 0 bridgehead atoms. The number of hydrogen-bond acceptors (Lipinski definition) is 5. The summed E-state index contributed by atoms with van der Waals surface area (Å²) in [6.45, 7) is 4.42. The standard InChI is InChI=1S/C15H18N6O2/c1-8-5-10(6-9(2)17-8)7-16-14-18-11-12(19-14)20(3)15(23)21(4)13(11)22/h5-6H,7H2,1-4H3,(H2,16,18,19). The molecule has 120 valence electrons. The zero-order valence-electron chi connectivity index (χ0n) is 13.5. The lowest BCUT2D eigenvalue weighted by Crippen LogP contribution is -2.36. The van der Waals surface area contributed by atoms with Gasteiger partial charge >= 0.3 is 5.69 Å². The van der Waals surface area contributed by atoms with Crippen molar-refractivity contribution >= 4 is 17.1 Å². The minimum atomic E-state index is -0.402. The summed E-state index contributed by atoms with van der Waals surface area (Å²) in [5.41, 5.74) is 2.81. The van der Waals surface area contributed by atoms with Crippen LogP contribution in [0.25, 0.3) is 11.2 Å². The van der Waals surface area contributed by atoms with Gasteiger partial charge in [0.05, 0.1) is 0 Å². The second-order valence-corrected chi connectivity index (χ2v) is 5.60. The average molecular weight is 314 g/mol. The third kappa shape index (κ3) is 2.63. The molecule has 0 unspecified atom stereocenters. The Morgan fingerprint density at radius 1 is 1.09 bits per heavy atom. The zero-order valence-corrected chi connectivity index (χ0v) is 13.5. The molecule has 0 amide bonds. The van der Waals surface area contributed by atoms with Crippen LogP contribution in [0.3, 0.4) is 0 Å². The van der Waals surface area contributed by atoms with Gasteiger partial charge in [-0.25, -0.2) is 4.79 Å². The molecular formula is C15H18N6O2. The Morgan fingerprint density at radius 3 is 2.39 bits per heavy atom. The number of nitrogens with zero attached hydrogens (tertiary/aromatic N) is 4. The molecule has 3 aromatic heterocycles. The molecule has 2 N–H and O–H groups in total. The maximum atomic E-state index is 12.1. The molecule has 0 aliphatic carbocycles. The van der Waals surface area contributed by atoms with Crippen molar-refractivity contribution in [2.75, 3.05) is 5.32 Å². The SMILES string of the molecule is Cc1cc(CNc2nc3c([nH]2)c(=O)n(C)c(=O)n3C)cc(C)n1. The second-order valence-electron chi connectivity index (χ2n) is 5.60. The van der Waals surface area contributed by atoms with Crippen molar-refractivity contribution in [3.8, 4) is 0 Å². The highest BCUT2D eigenvalue weighted by molar-refractivity contribution is 5.72. The van der Waals surface area contributed by atoms with Crippen LogP contribution in [-0.4, -0.2) is 24.1 Å². The molecule has 23 heavy (non-hydrogen) atoms. The normalized spacial score (nSPS) is 11.1. The summed E-state index contributed by atoms with van der Waals surface area (Å²) in [6, 6.07) is 3.97. The van der Waals surface area contributed by atoms with Crippen molar-refractivity contribution in [1.29, 1.82) is 0 Å². The number of rotatable bonds is 3. The first-order chi connectivity index (χ1) is 10.9. The number of imidazole rings is 1. The summed E-state index contributed by atoms with van der Waals surface area (Å²) >= 11 is 0. The van der Waals surface area contributed by atoms with Gasteiger partial charge in [-0.2, -0.15) is 4.98 Å². The minimum Gasteiger partial charge on any atom is -0.352 e. The second kappa shape index (κ2) is 5.38. The van der Waals surface area contributed by atoms with E-state index in [1.807, 2.05) is 26.0 Å². The predicted molar refractivity (Wildman–Crippen MR) is 87.6 cm³/mol. The first-order valence-electron chi connectivity index (χ1n) is 7.20. The van der Waals surface area contributed by atoms with Gasteiger partial charge in [-0.15, -0.1) is 0 Å². The van der Waals surface area contributed by atoms with E-state index in [-0.39, 0.29) is 5.56 Å². The summed E-state index contributed by atoms with van der Waals surface area (Å²) in [4.78, 5) is 35.6. The number of aryl methyl sites for hydroxylation is 3. The van der Waals surface area contributed by atoms with Crippen molar-refractivity contribution in [2.24, 2.45) is 14.1 Å². The number of aromatic amines is 1. The number of hydrogen-bond donors (Lipinski definition) is 2. The highest BCUT2D eigenvalue weighted by Crippen LogP contribution is 2.11. The highest BCUT2D eigenvalue weighted by atomic mass is 16.2. The summed E-state index contributed by atoms with van der Waals surface area (Å²) in [7, 11) is 3.03. The zero-order chi connectivity index (χ0) is 16.7. The maximum absolute atomic E-state index is 12.1. The number of H-pyrrole nitrogens is 1. The molecule has 0 saturated heterocycles. The smallest absolute Gasteiger partial charge is 0.332 e. The minimum absolute atomic E-state index is 0.305. The Hall–Kier alpha value is -2.90. The lowest BCUT2D eigenvalue weighted by Gasteiger charge is -2.05. The largest absolute Gasteiger partial charge is 0.352 e. The highest BCUT2D eigenvalue weighted by Gasteiger charge is 2.13. The quantitative estimate of drug-likeness (QED) is 0.737. The van der Waals surface area contributed by atoms with Crippen molar-refractivity contribution in [3.63, 3.8) is 0 Å². The fourth-order valence-electron chi connectivity index (χ4n) is 2.62. The van der Waals surface area contributed by atoms with Gasteiger partial charge in [0, 0.05) is 32.0 Å². The van der Waals surface area contributed by atoms with E-state index >= 15 is 0 Å². The van der Waals surface area contributed by atoms with Gasteiger partial charge < -0.3 is 10.3 Å². The van der Waals surface area contributed by atoms with Gasteiger partial charge in [0.1, 0.15) is 0 Å². The van der Waals surface area contributed by atoms with Gasteiger partial charge in [-0.05, 0) is 31.5 Å². The van der Waals surface area contributed by atoms with Crippen molar-refractivity contribution < 1.29 is 0 Å². The van der Waals surface area contributed by atoms with Crippen molar-refractivity contribution in [1.82, 2.24) is 24.1 Å². The fourth-order valence-corrected chi connectivity index (χ4v) is 2.62. The first kappa shape index (κ1) is 15.0. The first-order valence-corrected chi connectivity index (χ1v) is 7.20. The number of nitrogens with one attached hydrogen (secondary N) is 2. The van der Waals surface area contributed by atoms with Crippen LogP contribution >= 0.6 is 0 Å². The summed E-state index contributed by atoms with van der Waals surface area (Å²) < 4.78 is 2.40. The maximum Gasteiger partial charge on any atom is 0.332 e. The Balaban J connectivity index is 1.95. The fraction of sp³-hybridized carbons (Fsp3) is 0.333. The molecule has 3 aromatic rings. The average Bonchev–Trinajstić information content (AvgIpc) is 2.92. The Kier molecular flexibility index (Phi) is 3.51. The van der Waals surface area contributed by atoms with E-state index in [9.17, 15) is 9.59 Å². The van der Waals surface area contributed by atoms with Crippen LogP contribution in [-0.2, 0) is 20.6 Å². The monoisotopic (exact) mass is 314 g/mol. The molecule has 0 aliphatic heterocycles. The van der Waals surface area contributed by atoms with Crippen LogP contribution in [0.1, 0.15) is 17.0 Å². The van der Waals surface area contributed by atoms with Crippen molar-refractivity contribution in [3.05, 3.63) is 49.9 Å². The van der Waals surface area contributed by atoms with Crippen LogP contribution < -0.4 is 16.6 Å². The molecule has 3 heterocycles. The van der Waals surface area contributed by atoms with E-state index in [2.05, 4.69) is 20.3 Å². The Bertz CT molecular complexity index is 991. The van der Waals surface area contributed by atoms with Crippen LogP contribution in [0.4, 0.5) is 5.95 Å². The van der Waals surface area contributed by atoms with Gasteiger partial charge in [-0.3, -0.25) is 18.9 Å². The molecule has 0 aromatic carbocycles. The van der Waals surface area contributed by atoms with Crippen LogP contribution in [0.15, 0.2) is 21.7 Å². The third-order valence-corrected chi connectivity index (χ3v) is 3.70. The van der Waals surface area contributed by atoms with E-state index in [1.54, 1.807) is 7.05 Å². The van der Waals surface area contributed by atoms with E-state index < -0.39 is 5.69 Å².